The predicted octanol–water partition coefficient (Wildman–Crippen LogP) is 4.67. The van der Waals surface area contributed by atoms with Gasteiger partial charge in [0.05, 0.1) is 11.4 Å². The number of amides is 3. The van der Waals surface area contributed by atoms with Crippen molar-refractivity contribution in [1.82, 2.24) is 20.0 Å². The summed E-state index contributed by atoms with van der Waals surface area (Å²) in [5.41, 5.74) is 3.61. The van der Waals surface area contributed by atoms with Crippen molar-refractivity contribution in [3.63, 3.8) is 0 Å². The summed E-state index contributed by atoms with van der Waals surface area (Å²) in [4.78, 5) is 27.6. The zero-order chi connectivity index (χ0) is 26.1. The average Bonchev–Trinajstić information content (AvgIpc) is 3.27. The topological polar surface area (TPSA) is 88.5 Å². The van der Waals surface area contributed by atoms with Crippen LogP contribution in [0.4, 0.5) is 10.6 Å². The molecular formula is C28H37N5O3. The van der Waals surface area contributed by atoms with Crippen LogP contribution in [0.25, 0.3) is 5.69 Å². The molecule has 36 heavy (non-hydrogen) atoms. The van der Waals surface area contributed by atoms with Crippen molar-refractivity contribution >= 4 is 17.8 Å². The molecule has 0 aliphatic rings. The lowest BCUT2D eigenvalue weighted by atomic mass is 9.92. The highest BCUT2D eigenvalue weighted by molar-refractivity contribution is 5.94. The van der Waals surface area contributed by atoms with Crippen LogP contribution < -0.4 is 10.6 Å². The van der Waals surface area contributed by atoms with Crippen molar-refractivity contribution in [3.05, 3.63) is 77.5 Å². The molecule has 0 bridgehead atoms. The number of aromatic nitrogens is 2. The molecule has 8 nitrogen and oxygen atoms in total. The molecule has 0 radical (unpaired) electrons. The molecule has 8 heteroatoms. The van der Waals surface area contributed by atoms with Crippen molar-refractivity contribution in [2.45, 2.75) is 46.1 Å². The van der Waals surface area contributed by atoms with E-state index in [2.05, 4.69) is 31.4 Å². The fourth-order valence-corrected chi connectivity index (χ4v) is 3.69. The lowest BCUT2D eigenvalue weighted by Gasteiger charge is -2.22. The monoisotopic (exact) mass is 491 g/mol. The summed E-state index contributed by atoms with van der Waals surface area (Å²) in [6.07, 6.45) is 0.623. The molecule has 0 saturated heterocycles. The summed E-state index contributed by atoms with van der Waals surface area (Å²) in [7, 11) is 1.62. The Balaban J connectivity index is 1.76. The summed E-state index contributed by atoms with van der Waals surface area (Å²) in [5, 5.41) is 10.7. The third kappa shape index (κ3) is 7.68. The minimum atomic E-state index is -0.298. The van der Waals surface area contributed by atoms with Gasteiger partial charge in [-0.05, 0) is 36.6 Å². The van der Waals surface area contributed by atoms with Gasteiger partial charge in [-0.15, -0.1) is 0 Å². The van der Waals surface area contributed by atoms with Gasteiger partial charge in [-0.2, -0.15) is 5.10 Å². The van der Waals surface area contributed by atoms with E-state index in [1.54, 1.807) is 11.8 Å². The number of nitrogens with one attached hydrogen (secondary N) is 2. The van der Waals surface area contributed by atoms with Gasteiger partial charge in [-0.3, -0.25) is 4.79 Å². The number of methoxy groups -OCH3 is 1. The molecule has 3 amide bonds. The maximum Gasteiger partial charge on any atom is 0.318 e. The van der Waals surface area contributed by atoms with Gasteiger partial charge in [0.2, 0.25) is 5.91 Å². The van der Waals surface area contributed by atoms with Crippen molar-refractivity contribution in [2.24, 2.45) is 0 Å². The number of carbonyl (C=O) groups excluding carboxylic acids is 2. The standard InChI is InChI=1S/C28H37N5O3/c1-21-11-9-14-23(17-21)33-25(18-24(31-33)28(2,3)4)30-26(34)20-32(15-10-16-36-5)27(35)29-19-22-12-7-6-8-13-22/h6-9,11-14,17-18H,10,15-16,19-20H2,1-5H3,(H,29,35)(H,30,34). The lowest BCUT2D eigenvalue weighted by molar-refractivity contribution is -0.116. The first kappa shape index (κ1) is 26.9. The van der Waals surface area contributed by atoms with E-state index < -0.39 is 0 Å². The number of aryl methyl sites for hydroxylation is 1. The van der Waals surface area contributed by atoms with Crippen LogP contribution in [0, 0.1) is 6.92 Å². The summed E-state index contributed by atoms with van der Waals surface area (Å²) in [6.45, 7) is 9.45. The van der Waals surface area contributed by atoms with Crippen LogP contribution in [-0.4, -0.2) is 53.4 Å². The summed E-state index contributed by atoms with van der Waals surface area (Å²) in [5.74, 6) is 0.272. The van der Waals surface area contributed by atoms with Gasteiger partial charge in [0.25, 0.3) is 0 Å². The third-order valence-corrected chi connectivity index (χ3v) is 5.68. The minimum Gasteiger partial charge on any atom is -0.385 e. The molecule has 3 rings (SSSR count). The van der Waals surface area contributed by atoms with E-state index in [9.17, 15) is 9.59 Å². The van der Waals surface area contributed by atoms with Crippen molar-refractivity contribution < 1.29 is 14.3 Å². The molecule has 1 aromatic heterocycles. The number of carbonyl (C=O) groups is 2. The first-order valence-electron chi connectivity index (χ1n) is 12.2. The molecule has 0 spiro atoms. The van der Waals surface area contributed by atoms with Crippen LogP contribution in [0.1, 0.15) is 44.0 Å². The Morgan fingerprint density at radius 3 is 2.47 bits per heavy atom. The second-order valence-electron chi connectivity index (χ2n) is 9.88. The molecule has 0 atom stereocenters. The summed E-state index contributed by atoms with van der Waals surface area (Å²) >= 11 is 0. The van der Waals surface area contributed by atoms with Crippen LogP contribution in [0.2, 0.25) is 0 Å². The predicted molar refractivity (Wildman–Crippen MR) is 142 cm³/mol. The largest absolute Gasteiger partial charge is 0.385 e. The number of hydrogen-bond acceptors (Lipinski definition) is 4. The maximum atomic E-state index is 13.1. The van der Waals surface area contributed by atoms with Gasteiger partial charge in [0.15, 0.2) is 0 Å². The number of anilines is 1. The number of urea groups is 1. The van der Waals surface area contributed by atoms with E-state index in [-0.39, 0.29) is 23.9 Å². The van der Waals surface area contributed by atoms with Crippen LogP contribution in [0.5, 0.6) is 0 Å². The first-order valence-corrected chi connectivity index (χ1v) is 12.2. The number of rotatable bonds is 10. The Labute approximate surface area is 213 Å². The van der Waals surface area contributed by atoms with Crippen molar-refractivity contribution in [3.8, 4) is 5.69 Å². The fourth-order valence-electron chi connectivity index (χ4n) is 3.69. The SMILES string of the molecule is COCCCN(CC(=O)Nc1cc(C(C)(C)C)nn1-c1cccc(C)c1)C(=O)NCc1ccccc1. The number of hydrogen-bond donors (Lipinski definition) is 2. The second kappa shape index (κ2) is 12.4. The van der Waals surface area contributed by atoms with E-state index in [4.69, 9.17) is 9.84 Å². The van der Waals surface area contributed by atoms with E-state index in [0.29, 0.717) is 31.9 Å². The number of nitrogens with zero attached hydrogens (tertiary/aromatic N) is 3. The lowest BCUT2D eigenvalue weighted by Crippen LogP contribution is -2.44. The van der Waals surface area contributed by atoms with Crippen LogP contribution in [0.15, 0.2) is 60.7 Å². The van der Waals surface area contributed by atoms with E-state index in [1.165, 1.54) is 4.90 Å². The Morgan fingerprint density at radius 2 is 1.81 bits per heavy atom. The quantitative estimate of drug-likeness (QED) is 0.404. The van der Waals surface area contributed by atoms with Gasteiger partial charge >= 0.3 is 6.03 Å². The van der Waals surface area contributed by atoms with Gasteiger partial charge in [-0.25, -0.2) is 9.48 Å². The first-order chi connectivity index (χ1) is 17.2. The van der Waals surface area contributed by atoms with Crippen LogP contribution in [0.3, 0.4) is 0 Å². The molecular weight excluding hydrogens is 454 g/mol. The zero-order valence-corrected chi connectivity index (χ0v) is 21.9. The average molecular weight is 492 g/mol. The molecule has 0 saturated carbocycles. The fraction of sp³-hybridized carbons (Fsp3) is 0.393. The molecule has 2 N–H and O–H groups in total. The van der Waals surface area contributed by atoms with Gasteiger partial charge < -0.3 is 20.3 Å². The molecule has 3 aromatic rings. The Bertz CT molecular complexity index is 1150. The molecule has 1 heterocycles. The molecule has 0 fully saturated rings. The van der Waals surface area contributed by atoms with E-state index in [0.717, 1.165) is 22.5 Å². The Kier molecular flexibility index (Phi) is 9.25. The van der Waals surface area contributed by atoms with E-state index in [1.807, 2.05) is 67.6 Å². The van der Waals surface area contributed by atoms with Crippen molar-refractivity contribution in [1.29, 1.82) is 0 Å². The van der Waals surface area contributed by atoms with Crippen LogP contribution in [-0.2, 0) is 21.5 Å². The normalized spacial score (nSPS) is 11.2. The number of ether oxygens (including phenoxy) is 1. The highest BCUT2D eigenvalue weighted by atomic mass is 16.5. The highest BCUT2D eigenvalue weighted by Crippen LogP contribution is 2.26. The zero-order valence-electron chi connectivity index (χ0n) is 21.9. The molecule has 0 unspecified atom stereocenters. The third-order valence-electron chi connectivity index (χ3n) is 5.68. The summed E-state index contributed by atoms with van der Waals surface area (Å²) < 4.78 is 6.89. The van der Waals surface area contributed by atoms with Crippen molar-refractivity contribution in [2.75, 3.05) is 32.1 Å². The number of benzene rings is 2. The molecule has 192 valence electrons. The second-order valence-corrected chi connectivity index (χ2v) is 9.88. The molecule has 0 aliphatic carbocycles. The van der Waals surface area contributed by atoms with E-state index >= 15 is 0 Å². The minimum absolute atomic E-state index is 0.0891. The maximum absolute atomic E-state index is 13.1. The summed E-state index contributed by atoms with van der Waals surface area (Å²) in [6, 6.07) is 19.2. The molecule has 2 aromatic carbocycles. The Morgan fingerprint density at radius 1 is 1.06 bits per heavy atom. The van der Waals surface area contributed by atoms with Crippen LogP contribution >= 0.6 is 0 Å². The van der Waals surface area contributed by atoms with Gasteiger partial charge in [0.1, 0.15) is 12.4 Å². The Hall–Kier alpha value is -3.65. The molecule has 0 aliphatic heterocycles. The smallest absolute Gasteiger partial charge is 0.318 e. The highest BCUT2D eigenvalue weighted by Gasteiger charge is 2.23. The van der Waals surface area contributed by atoms with Gasteiger partial charge in [-0.1, -0.05) is 63.2 Å². The van der Waals surface area contributed by atoms with Gasteiger partial charge in [0, 0.05) is 38.3 Å².